The topological polar surface area (TPSA) is 62.2 Å². The highest BCUT2D eigenvalue weighted by atomic mass is 16.3. The van der Waals surface area contributed by atoms with E-state index in [9.17, 15) is 9.90 Å². The van der Waals surface area contributed by atoms with Crippen LogP contribution in [0.4, 0.5) is 0 Å². The molecule has 1 unspecified atom stereocenters. The van der Waals surface area contributed by atoms with E-state index < -0.39 is 6.10 Å². The van der Waals surface area contributed by atoms with Gasteiger partial charge in [0.25, 0.3) is 5.91 Å². The molecule has 4 heteroatoms. The lowest BCUT2D eigenvalue weighted by molar-refractivity contribution is 0.0816. The first kappa shape index (κ1) is 15.6. The standard InChI is InChI=1S/C15H24N2O2/c1-4-11(5-2)14(18)10-17-15(19)13-7-8-16-9-12(13)6-3/h7-9,11,14,18H,4-6,10H2,1-3H3,(H,17,19). The van der Waals surface area contributed by atoms with Gasteiger partial charge in [-0.25, -0.2) is 0 Å². The minimum Gasteiger partial charge on any atom is -0.391 e. The number of aromatic nitrogens is 1. The van der Waals surface area contributed by atoms with E-state index in [0.29, 0.717) is 12.1 Å². The lowest BCUT2D eigenvalue weighted by atomic mass is 9.96. The molecule has 4 nitrogen and oxygen atoms in total. The summed E-state index contributed by atoms with van der Waals surface area (Å²) in [6, 6.07) is 1.72. The molecule has 1 heterocycles. The van der Waals surface area contributed by atoms with Gasteiger partial charge in [-0.3, -0.25) is 9.78 Å². The molecule has 1 atom stereocenters. The van der Waals surface area contributed by atoms with Gasteiger partial charge in [0, 0.05) is 24.5 Å². The molecule has 0 aliphatic rings. The van der Waals surface area contributed by atoms with Gasteiger partial charge in [-0.1, -0.05) is 33.6 Å². The third kappa shape index (κ3) is 4.31. The van der Waals surface area contributed by atoms with Gasteiger partial charge in [0.2, 0.25) is 0 Å². The first-order valence-electron chi connectivity index (χ1n) is 7.03. The zero-order valence-corrected chi connectivity index (χ0v) is 12.0. The molecule has 0 saturated carbocycles. The van der Waals surface area contributed by atoms with Crippen molar-refractivity contribution in [3.8, 4) is 0 Å². The monoisotopic (exact) mass is 264 g/mol. The van der Waals surface area contributed by atoms with Crippen molar-refractivity contribution in [1.82, 2.24) is 10.3 Å². The average molecular weight is 264 g/mol. The van der Waals surface area contributed by atoms with Crippen LogP contribution in [0, 0.1) is 5.92 Å². The Morgan fingerprint density at radius 2 is 2.05 bits per heavy atom. The van der Waals surface area contributed by atoms with Crippen molar-refractivity contribution in [2.75, 3.05) is 6.54 Å². The second-order valence-corrected chi connectivity index (χ2v) is 4.74. The van der Waals surface area contributed by atoms with Gasteiger partial charge in [0.15, 0.2) is 0 Å². The smallest absolute Gasteiger partial charge is 0.251 e. The number of aliphatic hydroxyl groups is 1. The molecule has 0 bridgehead atoms. The first-order chi connectivity index (χ1) is 9.13. The van der Waals surface area contributed by atoms with E-state index in [2.05, 4.69) is 24.1 Å². The van der Waals surface area contributed by atoms with Crippen LogP contribution in [0.5, 0.6) is 0 Å². The second-order valence-electron chi connectivity index (χ2n) is 4.74. The van der Waals surface area contributed by atoms with Crippen LogP contribution in [-0.4, -0.2) is 28.6 Å². The molecule has 0 radical (unpaired) electrons. The summed E-state index contributed by atoms with van der Waals surface area (Å²) in [5, 5.41) is 12.8. The van der Waals surface area contributed by atoms with E-state index in [1.165, 1.54) is 0 Å². The lowest BCUT2D eigenvalue weighted by Crippen LogP contribution is -2.36. The van der Waals surface area contributed by atoms with Gasteiger partial charge < -0.3 is 10.4 Å². The second kappa shape index (κ2) is 7.89. The molecule has 0 spiro atoms. The summed E-state index contributed by atoms with van der Waals surface area (Å²) < 4.78 is 0. The van der Waals surface area contributed by atoms with Gasteiger partial charge in [-0.15, -0.1) is 0 Å². The normalized spacial score (nSPS) is 12.5. The fourth-order valence-corrected chi connectivity index (χ4v) is 2.22. The highest BCUT2D eigenvalue weighted by Crippen LogP contribution is 2.13. The molecule has 0 aliphatic carbocycles. The number of nitrogens with one attached hydrogen (secondary N) is 1. The van der Waals surface area contributed by atoms with Crippen molar-refractivity contribution in [1.29, 1.82) is 0 Å². The zero-order valence-electron chi connectivity index (χ0n) is 12.0. The number of aryl methyl sites for hydroxylation is 1. The number of carbonyl (C=O) groups is 1. The van der Waals surface area contributed by atoms with Crippen molar-refractivity contribution in [3.05, 3.63) is 29.6 Å². The van der Waals surface area contributed by atoms with E-state index in [-0.39, 0.29) is 11.8 Å². The number of pyridine rings is 1. The number of nitrogens with zero attached hydrogens (tertiary/aromatic N) is 1. The summed E-state index contributed by atoms with van der Waals surface area (Å²) in [5.74, 6) is 0.104. The molecule has 0 aromatic carbocycles. The van der Waals surface area contributed by atoms with Crippen LogP contribution in [0.1, 0.15) is 49.5 Å². The summed E-state index contributed by atoms with van der Waals surface area (Å²) in [6.45, 7) is 6.40. The molecule has 106 valence electrons. The van der Waals surface area contributed by atoms with Crippen LogP contribution in [0.2, 0.25) is 0 Å². The predicted octanol–water partition coefficient (Wildman–Crippen LogP) is 2.17. The van der Waals surface area contributed by atoms with Crippen LogP contribution < -0.4 is 5.32 Å². The maximum absolute atomic E-state index is 12.1. The number of hydrogen-bond acceptors (Lipinski definition) is 3. The van der Waals surface area contributed by atoms with Crippen molar-refractivity contribution >= 4 is 5.91 Å². The Kier molecular flexibility index (Phi) is 6.50. The van der Waals surface area contributed by atoms with Crippen molar-refractivity contribution in [2.24, 2.45) is 5.92 Å². The first-order valence-corrected chi connectivity index (χ1v) is 7.03. The fraction of sp³-hybridized carbons (Fsp3) is 0.600. The minimum absolute atomic E-state index is 0.135. The average Bonchev–Trinajstić information content (AvgIpc) is 2.45. The lowest BCUT2D eigenvalue weighted by Gasteiger charge is -2.20. The molecule has 0 aliphatic heterocycles. The van der Waals surface area contributed by atoms with Crippen molar-refractivity contribution in [2.45, 2.75) is 46.1 Å². The Morgan fingerprint density at radius 3 is 2.63 bits per heavy atom. The largest absolute Gasteiger partial charge is 0.391 e. The molecule has 1 rings (SSSR count). The Labute approximate surface area is 115 Å². The Bertz CT molecular complexity index is 403. The van der Waals surface area contributed by atoms with Gasteiger partial charge in [0.1, 0.15) is 0 Å². The van der Waals surface area contributed by atoms with Crippen LogP contribution in [-0.2, 0) is 6.42 Å². The third-order valence-corrected chi connectivity index (χ3v) is 3.59. The SMILES string of the molecule is CCc1cnccc1C(=O)NCC(O)C(CC)CC. The summed E-state index contributed by atoms with van der Waals surface area (Å²) in [7, 11) is 0. The van der Waals surface area contributed by atoms with Gasteiger partial charge in [-0.2, -0.15) is 0 Å². The van der Waals surface area contributed by atoms with E-state index in [4.69, 9.17) is 0 Å². The van der Waals surface area contributed by atoms with E-state index in [1.54, 1.807) is 18.5 Å². The van der Waals surface area contributed by atoms with Gasteiger partial charge >= 0.3 is 0 Å². The molecule has 2 N–H and O–H groups in total. The Hall–Kier alpha value is -1.42. The van der Waals surface area contributed by atoms with Crippen molar-refractivity contribution in [3.63, 3.8) is 0 Å². The molecule has 19 heavy (non-hydrogen) atoms. The maximum atomic E-state index is 12.1. The van der Waals surface area contributed by atoms with E-state index in [1.807, 2.05) is 6.92 Å². The molecule has 0 saturated heterocycles. The number of aliphatic hydroxyl groups excluding tert-OH is 1. The van der Waals surface area contributed by atoms with Crippen LogP contribution in [0.3, 0.4) is 0 Å². The molecular weight excluding hydrogens is 240 g/mol. The zero-order chi connectivity index (χ0) is 14.3. The summed E-state index contributed by atoms with van der Waals surface area (Å²) >= 11 is 0. The van der Waals surface area contributed by atoms with Gasteiger partial charge in [-0.05, 0) is 24.0 Å². The van der Waals surface area contributed by atoms with E-state index >= 15 is 0 Å². The van der Waals surface area contributed by atoms with Gasteiger partial charge in [0.05, 0.1) is 6.10 Å². The number of carbonyl (C=O) groups excluding carboxylic acids is 1. The summed E-state index contributed by atoms with van der Waals surface area (Å²) in [5.41, 5.74) is 1.58. The van der Waals surface area contributed by atoms with E-state index in [0.717, 1.165) is 24.8 Å². The van der Waals surface area contributed by atoms with Crippen LogP contribution in [0.25, 0.3) is 0 Å². The summed E-state index contributed by atoms with van der Waals surface area (Å²) in [4.78, 5) is 16.1. The number of hydrogen-bond donors (Lipinski definition) is 2. The number of amides is 1. The number of rotatable bonds is 7. The minimum atomic E-state index is -0.481. The Balaban J connectivity index is 2.60. The summed E-state index contributed by atoms with van der Waals surface area (Å²) in [6.07, 6.45) is 5.46. The predicted molar refractivity (Wildman–Crippen MR) is 76.0 cm³/mol. The molecular formula is C15H24N2O2. The molecule has 1 aromatic rings. The fourth-order valence-electron chi connectivity index (χ4n) is 2.22. The highest BCUT2D eigenvalue weighted by Gasteiger charge is 2.17. The molecule has 1 aromatic heterocycles. The quantitative estimate of drug-likeness (QED) is 0.793. The van der Waals surface area contributed by atoms with Crippen LogP contribution >= 0.6 is 0 Å². The van der Waals surface area contributed by atoms with Crippen LogP contribution in [0.15, 0.2) is 18.5 Å². The van der Waals surface area contributed by atoms with Crippen molar-refractivity contribution < 1.29 is 9.90 Å². The molecule has 1 amide bonds. The maximum Gasteiger partial charge on any atom is 0.251 e. The molecule has 0 fully saturated rings. The Morgan fingerprint density at radius 1 is 1.37 bits per heavy atom. The highest BCUT2D eigenvalue weighted by molar-refractivity contribution is 5.95. The third-order valence-electron chi connectivity index (χ3n) is 3.59.